The van der Waals surface area contributed by atoms with Crippen molar-refractivity contribution in [2.75, 3.05) is 18.6 Å². The van der Waals surface area contributed by atoms with Gasteiger partial charge in [0, 0.05) is 10.6 Å². The van der Waals surface area contributed by atoms with Crippen LogP contribution in [0.1, 0.15) is 19.8 Å². The van der Waals surface area contributed by atoms with Gasteiger partial charge in [0.25, 0.3) is 0 Å². The lowest BCUT2D eigenvalue weighted by atomic mass is 10.1. The van der Waals surface area contributed by atoms with Crippen LogP contribution in [0.5, 0.6) is 5.75 Å². The van der Waals surface area contributed by atoms with E-state index in [-0.39, 0.29) is 0 Å². The molecule has 0 spiro atoms. The van der Waals surface area contributed by atoms with Gasteiger partial charge in [-0.1, -0.05) is 19.4 Å². The second kappa shape index (κ2) is 7.91. The molecule has 1 rings (SSSR count). The molecule has 1 nitrogen and oxygen atoms in total. The summed E-state index contributed by atoms with van der Waals surface area (Å²) in [5, 5.41) is 0. The molecular weight excluding hydrogens is 236 g/mol. The van der Waals surface area contributed by atoms with E-state index in [2.05, 4.69) is 31.7 Å². The average Bonchev–Trinajstić information content (AvgIpc) is 2.34. The summed E-state index contributed by atoms with van der Waals surface area (Å²) in [6, 6.07) is 8.24. The standard InChI is InChI=1S/C13H20OS2/c1-3-5-11(9-15)10-16-13-7-4-6-12(8-13)14-2/h4,6-8,11,15H,3,5,9-10H2,1-2H3. The maximum Gasteiger partial charge on any atom is 0.119 e. The third kappa shape index (κ3) is 4.71. The SMILES string of the molecule is CCCC(CS)CSc1cccc(OC)c1. The number of hydrogen-bond acceptors (Lipinski definition) is 3. The van der Waals surface area contributed by atoms with Crippen LogP contribution in [-0.4, -0.2) is 18.6 Å². The van der Waals surface area contributed by atoms with Crippen molar-refractivity contribution in [3.8, 4) is 5.75 Å². The molecule has 1 atom stereocenters. The van der Waals surface area contributed by atoms with E-state index in [1.807, 2.05) is 23.9 Å². The molecule has 0 aromatic heterocycles. The lowest BCUT2D eigenvalue weighted by Gasteiger charge is -2.12. The van der Waals surface area contributed by atoms with Gasteiger partial charge in [-0.3, -0.25) is 0 Å². The van der Waals surface area contributed by atoms with Crippen LogP contribution in [-0.2, 0) is 0 Å². The van der Waals surface area contributed by atoms with E-state index in [1.165, 1.54) is 17.7 Å². The molecule has 16 heavy (non-hydrogen) atoms. The molecule has 0 saturated heterocycles. The van der Waals surface area contributed by atoms with Gasteiger partial charge in [-0.05, 0) is 36.3 Å². The Morgan fingerprint density at radius 1 is 1.44 bits per heavy atom. The lowest BCUT2D eigenvalue weighted by Crippen LogP contribution is -2.04. The first kappa shape index (κ1) is 13.8. The zero-order chi connectivity index (χ0) is 11.8. The highest BCUT2D eigenvalue weighted by Crippen LogP contribution is 2.26. The molecule has 0 fully saturated rings. The molecule has 3 heteroatoms. The molecule has 0 aliphatic rings. The quantitative estimate of drug-likeness (QED) is 0.580. The predicted octanol–water partition coefficient (Wildman–Crippen LogP) is 4.13. The minimum absolute atomic E-state index is 0.713. The average molecular weight is 256 g/mol. The third-order valence-electron chi connectivity index (χ3n) is 2.48. The number of methoxy groups -OCH3 is 1. The molecule has 0 N–H and O–H groups in total. The van der Waals surface area contributed by atoms with E-state index in [0.29, 0.717) is 5.92 Å². The molecule has 90 valence electrons. The van der Waals surface area contributed by atoms with Crippen LogP contribution >= 0.6 is 24.4 Å². The highest BCUT2D eigenvalue weighted by atomic mass is 32.2. The van der Waals surface area contributed by atoms with Crippen molar-refractivity contribution >= 4 is 24.4 Å². The van der Waals surface area contributed by atoms with E-state index in [4.69, 9.17) is 4.74 Å². The first-order valence-electron chi connectivity index (χ1n) is 5.67. The van der Waals surface area contributed by atoms with E-state index >= 15 is 0 Å². The maximum absolute atomic E-state index is 5.21. The number of benzene rings is 1. The molecule has 0 amide bonds. The van der Waals surface area contributed by atoms with E-state index in [1.54, 1.807) is 7.11 Å². The summed E-state index contributed by atoms with van der Waals surface area (Å²) in [6.45, 7) is 2.23. The van der Waals surface area contributed by atoms with Gasteiger partial charge in [0.2, 0.25) is 0 Å². The second-order valence-electron chi connectivity index (χ2n) is 3.83. The monoisotopic (exact) mass is 256 g/mol. The van der Waals surface area contributed by atoms with Crippen molar-refractivity contribution < 1.29 is 4.74 Å². The first-order valence-corrected chi connectivity index (χ1v) is 7.29. The van der Waals surface area contributed by atoms with Crippen molar-refractivity contribution in [1.82, 2.24) is 0 Å². The Hall–Kier alpha value is -0.280. The van der Waals surface area contributed by atoms with E-state index < -0.39 is 0 Å². The summed E-state index contributed by atoms with van der Waals surface area (Å²) in [5.41, 5.74) is 0. The fourth-order valence-electron chi connectivity index (χ4n) is 1.54. The summed E-state index contributed by atoms with van der Waals surface area (Å²) in [7, 11) is 1.71. The topological polar surface area (TPSA) is 9.23 Å². The number of thiol groups is 1. The molecule has 0 radical (unpaired) electrons. The molecule has 1 unspecified atom stereocenters. The minimum atomic E-state index is 0.713. The molecule has 0 bridgehead atoms. The minimum Gasteiger partial charge on any atom is -0.497 e. The fourth-order valence-corrected chi connectivity index (χ4v) is 3.11. The number of ether oxygens (including phenoxy) is 1. The predicted molar refractivity (Wildman–Crippen MR) is 76.0 cm³/mol. The Labute approximate surface area is 108 Å². The van der Waals surface area contributed by atoms with Crippen molar-refractivity contribution in [1.29, 1.82) is 0 Å². The fraction of sp³-hybridized carbons (Fsp3) is 0.538. The summed E-state index contributed by atoms with van der Waals surface area (Å²) in [5.74, 6) is 3.77. The summed E-state index contributed by atoms with van der Waals surface area (Å²) in [6.07, 6.45) is 2.50. The lowest BCUT2D eigenvalue weighted by molar-refractivity contribution is 0.413. The molecular formula is C13H20OS2. The van der Waals surface area contributed by atoms with Gasteiger partial charge < -0.3 is 4.74 Å². The van der Waals surface area contributed by atoms with Gasteiger partial charge in [-0.2, -0.15) is 12.6 Å². The van der Waals surface area contributed by atoms with E-state index in [9.17, 15) is 0 Å². The Morgan fingerprint density at radius 3 is 2.88 bits per heavy atom. The van der Waals surface area contributed by atoms with Crippen LogP contribution in [0, 0.1) is 5.92 Å². The Morgan fingerprint density at radius 2 is 2.25 bits per heavy atom. The highest BCUT2D eigenvalue weighted by molar-refractivity contribution is 7.99. The van der Waals surface area contributed by atoms with Gasteiger partial charge in [0.05, 0.1) is 7.11 Å². The number of thioether (sulfide) groups is 1. The first-order chi connectivity index (χ1) is 7.80. The van der Waals surface area contributed by atoms with Crippen LogP contribution in [0.4, 0.5) is 0 Å². The van der Waals surface area contributed by atoms with Crippen molar-refractivity contribution in [3.05, 3.63) is 24.3 Å². The van der Waals surface area contributed by atoms with Crippen molar-refractivity contribution in [3.63, 3.8) is 0 Å². The Bertz CT molecular complexity index is 302. The van der Waals surface area contributed by atoms with Crippen LogP contribution in [0.3, 0.4) is 0 Å². The number of hydrogen-bond donors (Lipinski definition) is 1. The number of rotatable bonds is 7. The molecule has 1 aromatic carbocycles. The third-order valence-corrected chi connectivity index (χ3v) is 4.22. The highest BCUT2D eigenvalue weighted by Gasteiger charge is 2.06. The summed E-state index contributed by atoms with van der Waals surface area (Å²) in [4.78, 5) is 1.28. The van der Waals surface area contributed by atoms with Gasteiger partial charge >= 0.3 is 0 Å². The Balaban J connectivity index is 2.46. The van der Waals surface area contributed by atoms with Gasteiger partial charge in [-0.15, -0.1) is 11.8 Å². The normalized spacial score (nSPS) is 12.4. The van der Waals surface area contributed by atoms with Crippen LogP contribution < -0.4 is 4.74 Å². The van der Waals surface area contributed by atoms with E-state index in [0.717, 1.165) is 17.3 Å². The molecule has 0 aliphatic carbocycles. The van der Waals surface area contributed by atoms with Crippen LogP contribution in [0.2, 0.25) is 0 Å². The molecule has 0 saturated carbocycles. The molecule has 0 heterocycles. The zero-order valence-corrected chi connectivity index (χ0v) is 11.7. The van der Waals surface area contributed by atoms with Gasteiger partial charge in [0.1, 0.15) is 5.75 Å². The zero-order valence-electron chi connectivity index (χ0n) is 9.98. The smallest absolute Gasteiger partial charge is 0.119 e. The van der Waals surface area contributed by atoms with Gasteiger partial charge in [0.15, 0.2) is 0 Å². The Kier molecular flexibility index (Phi) is 6.81. The van der Waals surface area contributed by atoms with Crippen molar-refractivity contribution in [2.24, 2.45) is 5.92 Å². The maximum atomic E-state index is 5.21. The largest absolute Gasteiger partial charge is 0.497 e. The summed E-state index contributed by atoms with van der Waals surface area (Å²) < 4.78 is 5.21. The van der Waals surface area contributed by atoms with Crippen LogP contribution in [0.25, 0.3) is 0 Å². The van der Waals surface area contributed by atoms with Gasteiger partial charge in [-0.25, -0.2) is 0 Å². The summed E-state index contributed by atoms with van der Waals surface area (Å²) >= 11 is 6.29. The second-order valence-corrected chi connectivity index (χ2v) is 5.29. The van der Waals surface area contributed by atoms with Crippen molar-refractivity contribution in [2.45, 2.75) is 24.7 Å². The molecule has 1 aromatic rings. The molecule has 0 aliphatic heterocycles. The van der Waals surface area contributed by atoms with Crippen LogP contribution in [0.15, 0.2) is 29.2 Å².